The Balaban J connectivity index is 1.85. The van der Waals surface area contributed by atoms with Crippen molar-refractivity contribution in [2.45, 2.75) is 26.7 Å². The third-order valence-electron chi connectivity index (χ3n) is 4.06. The van der Waals surface area contributed by atoms with E-state index in [4.69, 9.17) is 23.2 Å². The van der Waals surface area contributed by atoms with Gasteiger partial charge in [-0.15, -0.1) is 0 Å². The maximum Gasteiger partial charge on any atom is 0.257 e. The molecule has 24 heavy (non-hydrogen) atoms. The number of carbonyl (C=O) groups excluding carboxylic acids is 1. The molecule has 0 unspecified atom stereocenters. The lowest BCUT2D eigenvalue weighted by Crippen LogP contribution is -2.22. The molecule has 0 aliphatic carbocycles. The van der Waals surface area contributed by atoms with Crippen molar-refractivity contribution in [1.82, 2.24) is 9.97 Å². The van der Waals surface area contributed by atoms with Crippen molar-refractivity contribution >= 4 is 40.7 Å². The molecule has 1 aromatic carbocycles. The maximum atomic E-state index is 12.5. The molecule has 0 radical (unpaired) electrons. The molecule has 5 nitrogen and oxygen atoms in total. The lowest BCUT2D eigenvalue weighted by molar-refractivity contribution is 0.102. The Kier molecular flexibility index (Phi) is 4.92. The lowest BCUT2D eigenvalue weighted by Gasteiger charge is -2.18. The van der Waals surface area contributed by atoms with E-state index >= 15 is 0 Å². The Morgan fingerprint density at radius 2 is 1.75 bits per heavy atom. The Labute approximate surface area is 151 Å². The van der Waals surface area contributed by atoms with E-state index < -0.39 is 0 Å². The van der Waals surface area contributed by atoms with Gasteiger partial charge in [0.05, 0.1) is 27.7 Å². The highest BCUT2D eigenvalue weighted by Crippen LogP contribution is 2.25. The minimum Gasteiger partial charge on any atom is -0.341 e. The highest BCUT2D eigenvalue weighted by atomic mass is 35.5. The van der Waals surface area contributed by atoms with Crippen LogP contribution < -0.4 is 10.2 Å². The monoisotopic (exact) mass is 364 g/mol. The van der Waals surface area contributed by atoms with Crippen LogP contribution in [0.2, 0.25) is 10.0 Å². The molecule has 1 N–H and O–H groups in total. The van der Waals surface area contributed by atoms with E-state index in [1.165, 1.54) is 0 Å². The number of anilines is 2. The second-order valence-electron chi connectivity index (χ2n) is 5.84. The quantitative estimate of drug-likeness (QED) is 0.883. The summed E-state index contributed by atoms with van der Waals surface area (Å²) in [6.45, 7) is 5.69. The van der Waals surface area contributed by atoms with Crippen molar-refractivity contribution in [3.05, 3.63) is 45.2 Å². The molecule has 3 rings (SSSR count). The minimum atomic E-state index is -0.305. The fourth-order valence-electron chi connectivity index (χ4n) is 2.79. The third-order valence-corrected chi connectivity index (χ3v) is 4.61. The van der Waals surface area contributed by atoms with Crippen molar-refractivity contribution in [3.8, 4) is 0 Å². The van der Waals surface area contributed by atoms with E-state index in [9.17, 15) is 4.79 Å². The number of carbonyl (C=O) groups is 1. The number of halogens is 2. The van der Waals surface area contributed by atoms with Gasteiger partial charge < -0.3 is 10.2 Å². The highest BCUT2D eigenvalue weighted by Gasteiger charge is 2.19. The Bertz CT molecular complexity index is 765. The number of rotatable bonds is 3. The van der Waals surface area contributed by atoms with E-state index in [1.54, 1.807) is 18.2 Å². The topological polar surface area (TPSA) is 58.1 Å². The molecule has 126 valence electrons. The van der Waals surface area contributed by atoms with Gasteiger partial charge in [-0.05, 0) is 44.9 Å². The summed E-state index contributed by atoms with van der Waals surface area (Å²) >= 11 is 12.0. The number of hydrogen-bond donors (Lipinski definition) is 1. The molecular formula is C17H18Cl2N4O. The normalized spacial score (nSPS) is 14.1. The predicted molar refractivity (Wildman–Crippen MR) is 97.4 cm³/mol. The zero-order valence-corrected chi connectivity index (χ0v) is 15.1. The van der Waals surface area contributed by atoms with Crippen LogP contribution in [0.4, 0.5) is 11.6 Å². The third kappa shape index (κ3) is 3.47. The number of aryl methyl sites for hydroxylation is 2. The largest absolute Gasteiger partial charge is 0.341 e. The number of aromatic nitrogens is 2. The second kappa shape index (κ2) is 6.95. The number of amides is 1. The number of nitrogens with one attached hydrogen (secondary N) is 1. The van der Waals surface area contributed by atoms with Gasteiger partial charge in [0.15, 0.2) is 0 Å². The van der Waals surface area contributed by atoms with Crippen molar-refractivity contribution in [2.24, 2.45) is 0 Å². The molecule has 2 aromatic rings. The van der Waals surface area contributed by atoms with Crippen molar-refractivity contribution in [1.29, 1.82) is 0 Å². The fourth-order valence-corrected chi connectivity index (χ4v) is 3.29. The van der Waals surface area contributed by atoms with E-state index in [0.717, 1.165) is 43.3 Å². The molecule has 0 spiro atoms. The molecule has 0 bridgehead atoms. The van der Waals surface area contributed by atoms with Crippen LogP contribution in [0.3, 0.4) is 0 Å². The summed E-state index contributed by atoms with van der Waals surface area (Å²) in [7, 11) is 0. The van der Waals surface area contributed by atoms with Crippen LogP contribution in [0.25, 0.3) is 0 Å². The average molecular weight is 365 g/mol. The molecule has 1 aromatic heterocycles. The van der Waals surface area contributed by atoms with Crippen LogP contribution in [0.5, 0.6) is 0 Å². The van der Waals surface area contributed by atoms with Crippen LogP contribution in [-0.2, 0) is 0 Å². The van der Waals surface area contributed by atoms with Gasteiger partial charge in [-0.3, -0.25) is 4.79 Å². The van der Waals surface area contributed by atoms with Crippen LogP contribution in [0.1, 0.15) is 34.6 Å². The molecule has 2 heterocycles. The lowest BCUT2D eigenvalue weighted by atomic mass is 10.2. The molecule has 1 aliphatic rings. The number of nitrogens with zero attached hydrogens (tertiary/aromatic N) is 3. The van der Waals surface area contributed by atoms with Crippen LogP contribution >= 0.6 is 23.2 Å². The first kappa shape index (κ1) is 17.0. The minimum absolute atomic E-state index is 0.305. The van der Waals surface area contributed by atoms with Crippen LogP contribution in [0, 0.1) is 13.8 Å². The van der Waals surface area contributed by atoms with E-state index in [0.29, 0.717) is 21.3 Å². The van der Waals surface area contributed by atoms with E-state index in [2.05, 4.69) is 20.2 Å². The van der Waals surface area contributed by atoms with Crippen molar-refractivity contribution in [2.75, 3.05) is 23.3 Å². The first-order valence-electron chi connectivity index (χ1n) is 7.82. The molecule has 1 aliphatic heterocycles. The summed E-state index contributed by atoms with van der Waals surface area (Å²) in [5.41, 5.74) is 2.46. The van der Waals surface area contributed by atoms with Gasteiger partial charge in [0.1, 0.15) is 0 Å². The molecule has 0 saturated carbocycles. The zero-order chi connectivity index (χ0) is 17.3. The summed E-state index contributed by atoms with van der Waals surface area (Å²) in [6, 6.07) is 4.78. The average Bonchev–Trinajstić information content (AvgIpc) is 3.04. The van der Waals surface area contributed by atoms with E-state index in [-0.39, 0.29) is 5.91 Å². The van der Waals surface area contributed by atoms with Gasteiger partial charge in [-0.1, -0.05) is 23.2 Å². The Morgan fingerprint density at radius 3 is 2.33 bits per heavy atom. The highest BCUT2D eigenvalue weighted by molar-refractivity contribution is 6.37. The fraction of sp³-hybridized carbons (Fsp3) is 0.353. The van der Waals surface area contributed by atoms with Gasteiger partial charge in [-0.2, -0.15) is 0 Å². The predicted octanol–water partition coefficient (Wildman–Crippen LogP) is 4.25. The van der Waals surface area contributed by atoms with E-state index in [1.807, 2.05) is 13.8 Å². The van der Waals surface area contributed by atoms with Gasteiger partial charge in [0.2, 0.25) is 5.95 Å². The van der Waals surface area contributed by atoms with Gasteiger partial charge in [0, 0.05) is 18.1 Å². The first-order valence-corrected chi connectivity index (χ1v) is 8.58. The van der Waals surface area contributed by atoms with Gasteiger partial charge in [-0.25, -0.2) is 9.97 Å². The SMILES string of the molecule is Cc1nc(N2CCCC2)nc(C)c1NC(=O)c1ccc(Cl)cc1Cl. The van der Waals surface area contributed by atoms with Crippen molar-refractivity contribution < 1.29 is 4.79 Å². The molecule has 1 amide bonds. The molecule has 1 fully saturated rings. The van der Waals surface area contributed by atoms with Crippen molar-refractivity contribution in [3.63, 3.8) is 0 Å². The zero-order valence-electron chi connectivity index (χ0n) is 13.6. The first-order chi connectivity index (χ1) is 11.5. The van der Waals surface area contributed by atoms with Gasteiger partial charge in [0.25, 0.3) is 5.91 Å². The molecular weight excluding hydrogens is 347 g/mol. The Hall–Kier alpha value is -1.85. The summed E-state index contributed by atoms with van der Waals surface area (Å²) in [5, 5.41) is 3.66. The summed E-state index contributed by atoms with van der Waals surface area (Å²) in [4.78, 5) is 23.7. The van der Waals surface area contributed by atoms with Crippen LogP contribution in [-0.4, -0.2) is 29.0 Å². The Morgan fingerprint density at radius 1 is 1.12 bits per heavy atom. The standard InChI is InChI=1S/C17H18Cl2N4O/c1-10-15(11(2)21-17(20-10)23-7-3-4-8-23)22-16(24)13-6-5-12(18)9-14(13)19/h5-6,9H,3-4,7-8H2,1-2H3,(H,22,24). The number of benzene rings is 1. The summed E-state index contributed by atoms with van der Waals surface area (Å²) in [6.07, 6.45) is 2.32. The van der Waals surface area contributed by atoms with Crippen LogP contribution in [0.15, 0.2) is 18.2 Å². The molecule has 0 atom stereocenters. The number of hydrogen-bond acceptors (Lipinski definition) is 4. The summed E-state index contributed by atoms with van der Waals surface area (Å²) < 4.78 is 0. The summed E-state index contributed by atoms with van der Waals surface area (Å²) in [5.74, 6) is 0.422. The smallest absolute Gasteiger partial charge is 0.257 e. The van der Waals surface area contributed by atoms with Gasteiger partial charge >= 0.3 is 0 Å². The molecule has 1 saturated heterocycles. The second-order valence-corrected chi connectivity index (χ2v) is 6.69. The maximum absolute atomic E-state index is 12.5. The molecule has 7 heteroatoms.